The average Bonchev–Trinajstić information content (AvgIpc) is 0.683. The SMILES string of the molecule is COc1ccc(CBr)cc1F.COc1ccc(Cn2cc(-c3cc(C(F)F)nc(S(C)(=O)=O)n3)ccc2=O)cc1F.COc1ccc(Cn2cc(-c3cc(C(F)F)nc(S(C)=O)n3)ccc2=O)cc1F.COc1ccc(Cn2cc(-c3cc(C(F)F)nc(SC)n3)ccc2=O)cc1F.CSc1nc(-c2ccc(=O)[nH]c2)cc(C(F)F)n1.[2H]CF.[H-].[Na+]. The number of nitrogens with zero attached hydrogens (tertiary/aromatic N) is 11. The number of pyridine rings is 4. The molecule has 1 unspecified atom stereocenters. The van der Waals surface area contributed by atoms with Crippen molar-refractivity contribution in [2.24, 2.45) is 0 Å². The van der Waals surface area contributed by atoms with Crippen LogP contribution in [0.15, 0.2) is 210 Å². The number of nitrogens with one attached hydrogen (secondary N) is 1. The monoisotopic (exact) mass is 1820 g/mol. The summed E-state index contributed by atoms with van der Waals surface area (Å²) in [5.74, 6) is -1.50. The van der Waals surface area contributed by atoms with E-state index in [0.717, 1.165) is 35.7 Å². The van der Waals surface area contributed by atoms with Gasteiger partial charge in [-0.25, -0.2) is 101 Å². The molecule has 1 N–H and O–H groups in total. The van der Waals surface area contributed by atoms with Crippen molar-refractivity contribution in [2.45, 2.75) is 71.3 Å². The van der Waals surface area contributed by atoms with Gasteiger partial charge in [0.1, 0.15) is 22.8 Å². The molecule has 1 atom stereocenters. The van der Waals surface area contributed by atoms with Crippen LogP contribution < -0.4 is 70.7 Å². The second-order valence-electron chi connectivity index (χ2n) is 23.8. The third-order valence-corrected chi connectivity index (χ3v) is 19.0. The summed E-state index contributed by atoms with van der Waals surface area (Å²) in [5.41, 5.74) is 1.32. The largest absolute Gasteiger partial charge is 1.00 e. The van der Waals surface area contributed by atoms with E-state index in [2.05, 4.69) is 60.8 Å². The Morgan fingerprint density at radius 1 is 0.471 bits per heavy atom. The second kappa shape index (κ2) is 46.2. The zero-order valence-electron chi connectivity index (χ0n) is 65.8. The van der Waals surface area contributed by atoms with E-state index >= 15 is 0 Å². The number of aromatic nitrogens is 12. The first-order valence-electron chi connectivity index (χ1n) is 34.1. The van der Waals surface area contributed by atoms with Crippen LogP contribution in [0.5, 0.6) is 23.0 Å². The van der Waals surface area contributed by atoms with Crippen LogP contribution in [0.1, 0.15) is 73.5 Å². The zero-order chi connectivity index (χ0) is 87.5. The van der Waals surface area contributed by atoms with Crippen molar-refractivity contribution in [3.63, 3.8) is 0 Å². The minimum atomic E-state index is -3.95. The number of methoxy groups -OCH3 is 4. The molecule has 23 nitrogen and oxygen atoms in total. The van der Waals surface area contributed by atoms with Crippen LogP contribution in [0, 0.1) is 23.3 Å². The van der Waals surface area contributed by atoms with Gasteiger partial charge in [-0.1, -0.05) is 63.7 Å². The number of rotatable bonds is 23. The predicted molar refractivity (Wildman–Crippen MR) is 422 cm³/mol. The third-order valence-electron chi connectivity index (χ3n) is 15.7. The molecule has 0 amide bonds. The Labute approximate surface area is 714 Å². The molecule has 0 radical (unpaired) electrons. The van der Waals surface area contributed by atoms with E-state index < -0.39 is 93.0 Å². The molecule has 12 aromatic rings. The number of sulfone groups is 1. The molecule has 0 fully saturated rings. The molecule has 0 saturated heterocycles. The number of hydrogen-bond acceptors (Lipinski definition) is 21. The smallest absolute Gasteiger partial charge is 1.00 e. The molecule has 8 aromatic heterocycles. The van der Waals surface area contributed by atoms with Gasteiger partial charge in [0.05, 0.1) is 90.2 Å². The maximum Gasteiger partial charge on any atom is 1.00 e. The van der Waals surface area contributed by atoms with E-state index in [-0.39, 0.29) is 146 Å². The molecule has 4 aromatic carbocycles. The number of ether oxygens (including phenoxy) is 4. The van der Waals surface area contributed by atoms with Crippen LogP contribution in [-0.4, -0.2) is 132 Å². The Hall–Kier alpha value is -10.4. The topological polar surface area (TPSA) is 290 Å². The fourth-order valence-corrected chi connectivity index (χ4v) is 12.2. The molecular formula is C77H69BrF13N12NaO11S4. The van der Waals surface area contributed by atoms with Gasteiger partial charge in [0, 0.05) is 89.1 Å². The Bertz CT molecular complexity index is 5910. The maximum absolute atomic E-state index is 13.9. The predicted octanol–water partition coefficient (Wildman–Crippen LogP) is 13.1. The van der Waals surface area contributed by atoms with Gasteiger partial charge in [0.15, 0.2) is 56.6 Å². The van der Waals surface area contributed by atoms with Crippen molar-refractivity contribution in [3.05, 3.63) is 280 Å². The summed E-state index contributed by atoms with van der Waals surface area (Å²) < 4.78 is 233. The second-order valence-corrected chi connectivity index (χ2v) is 29.1. The number of alkyl halides is 10. The molecule has 12 rings (SSSR count). The first-order chi connectivity index (χ1) is 56.5. The summed E-state index contributed by atoms with van der Waals surface area (Å²) in [5, 5.41) is 0.170. The van der Waals surface area contributed by atoms with E-state index in [4.69, 9.17) is 20.3 Å². The quantitative estimate of drug-likeness (QED) is 0.0205. The molecular weight excluding hydrogens is 1750 g/mol. The van der Waals surface area contributed by atoms with E-state index in [1.807, 2.05) is 6.07 Å². The van der Waals surface area contributed by atoms with Crippen molar-refractivity contribution in [1.29, 1.82) is 0 Å². The van der Waals surface area contributed by atoms with Gasteiger partial charge in [-0.05, 0) is 132 Å². The number of hydrogen-bond donors (Lipinski definition) is 1. The van der Waals surface area contributed by atoms with E-state index in [0.29, 0.717) is 44.4 Å². The Kier molecular flexibility index (Phi) is 37.2. The average molecular weight is 1820 g/mol. The number of H-pyrrole nitrogens is 1. The van der Waals surface area contributed by atoms with Crippen LogP contribution in [0.2, 0.25) is 0 Å². The molecule has 0 aliphatic rings. The standard InChI is InChI=1S/C19H16F3N3O4S.C19H16F3N3O3S.C19H16F3N3O2S.C11H9F2N3OS.C8H8BrFO.CH3F.Na.H/c1-29-16-5-3-11(7-13(16)20)9-25-10-12(4-6-17(25)26)14-8-15(18(21)22)24-19(23-14)30(2,27)28;1-28-16-5-3-11(7-13(16)20)9-25-10-12(4-6-17(25)26)14-8-15(18(21)22)24-19(23-14)29(2)27;1-27-16-5-3-11(7-13(16)20)9-25-10-12(4-6-17(25)26)14-8-15(18(21)22)24-19(23-14)28-2;1-18-11-15-7(4-8(16-11)10(12)13)6-2-3-9(17)14-5-6;1-11-8-3-2-6(5-9)4-7(8)10;1-2;;/h3-8,10,18H,9H2,1-2H3;3-8,10,18H,9H2,1-2H3;3-8,10,18H,9H2,1-2H3;2-5,10H,1H3,(H,14,17);2-4H,5H2,1H3;1H3;;/q;;;;;;+1;-1/i;;;;;1D;;. The van der Waals surface area contributed by atoms with E-state index in [9.17, 15) is 88.9 Å². The van der Waals surface area contributed by atoms with Crippen molar-refractivity contribution < 1.29 is 121 Å². The van der Waals surface area contributed by atoms with Gasteiger partial charge in [0.25, 0.3) is 42.4 Å². The van der Waals surface area contributed by atoms with Crippen molar-refractivity contribution in [1.82, 2.24) is 58.6 Å². The van der Waals surface area contributed by atoms with E-state index in [1.165, 1.54) is 188 Å². The molecule has 0 saturated carbocycles. The number of thioether (sulfide) groups is 2. The molecule has 42 heteroatoms. The summed E-state index contributed by atoms with van der Waals surface area (Å²) in [6, 6.07) is 33.1. The van der Waals surface area contributed by atoms with Crippen LogP contribution in [0.25, 0.3) is 45.0 Å². The summed E-state index contributed by atoms with van der Waals surface area (Å²) in [6.45, 7) is 0.141. The van der Waals surface area contributed by atoms with Gasteiger partial charge in [0.2, 0.25) is 25.7 Å². The molecule has 0 spiro atoms. The summed E-state index contributed by atoms with van der Waals surface area (Å²) in [7, 11) is -1.12. The van der Waals surface area contributed by atoms with Gasteiger partial charge in [-0.3, -0.25) is 27.8 Å². The number of aromatic amines is 1. The molecule has 0 aliphatic carbocycles. The van der Waals surface area contributed by atoms with Crippen molar-refractivity contribution >= 4 is 60.1 Å². The number of halogens is 14. The molecule has 0 aliphatic heterocycles. The first-order valence-corrected chi connectivity index (χ1v) is 40.4. The van der Waals surface area contributed by atoms with Crippen molar-refractivity contribution in [3.8, 4) is 68.0 Å². The summed E-state index contributed by atoms with van der Waals surface area (Å²) in [4.78, 5) is 80.8. The summed E-state index contributed by atoms with van der Waals surface area (Å²) >= 11 is 5.56. The molecule has 8 heterocycles. The fraction of sp³-hybridized carbons (Fsp3) is 0.221. The first kappa shape index (κ1) is 95.7. The molecule has 626 valence electrons. The Morgan fingerprint density at radius 3 is 1.08 bits per heavy atom. The molecule has 119 heavy (non-hydrogen) atoms. The normalized spacial score (nSPS) is 11.2. The Balaban J connectivity index is 0.000000273. The minimum Gasteiger partial charge on any atom is -1.00 e. The van der Waals surface area contributed by atoms with E-state index in [1.54, 1.807) is 36.8 Å². The number of benzene rings is 4. The minimum absolute atomic E-state index is 0. The van der Waals surface area contributed by atoms with Crippen LogP contribution in [0.4, 0.5) is 57.1 Å². The van der Waals surface area contributed by atoms with Crippen LogP contribution in [-0.2, 0) is 45.6 Å². The Morgan fingerprint density at radius 2 is 0.782 bits per heavy atom. The molecule has 0 bridgehead atoms. The van der Waals surface area contributed by atoms with Crippen molar-refractivity contribution in [2.75, 3.05) is 60.6 Å². The van der Waals surface area contributed by atoms with Gasteiger partial charge in [-0.2, -0.15) is 0 Å². The fourth-order valence-electron chi connectivity index (χ4n) is 10.1. The summed E-state index contributed by atoms with van der Waals surface area (Å²) in [6.07, 6.45) is -0.0915. The maximum atomic E-state index is 13.9. The van der Waals surface area contributed by atoms with Gasteiger partial charge in [-0.15, -0.1) is 0 Å². The third kappa shape index (κ3) is 28.1. The van der Waals surface area contributed by atoms with Crippen LogP contribution >= 0.6 is 39.5 Å². The zero-order valence-corrected chi connectivity index (χ0v) is 70.7. The van der Waals surface area contributed by atoms with Crippen LogP contribution in [0.3, 0.4) is 0 Å². The van der Waals surface area contributed by atoms with Gasteiger partial charge >= 0.3 is 29.6 Å². The van der Waals surface area contributed by atoms with Gasteiger partial charge < -0.3 is 39.1 Å².